The second kappa shape index (κ2) is 4.43. The Morgan fingerprint density at radius 3 is 2.54 bits per heavy atom. The second-order valence-corrected chi connectivity index (χ2v) is 5.46. The first-order valence-corrected chi connectivity index (χ1v) is 5.34. The molecule has 2 heteroatoms. The molecule has 0 saturated carbocycles. The molecule has 0 aromatic rings. The van der Waals surface area contributed by atoms with Gasteiger partial charge in [-0.25, -0.2) is 0 Å². The molecule has 1 aliphatic heterocycles. The molecule has 78 valence electrons. The number of nitrogens with one attached hydrogen (secondary N) is 1. The van der Waals surface area contributed by atoms with Crippen LogP contribution in [-0.4, -0.2) is 24.8 Å². The van der Waals surface area contributed by atoms with Crippen LogP contribution in [0, 0.1) is 17.3 Å². The Labute approximate surface area is 81.7 Å². The first-order chi connectivity index (χ1) is 6.03. The maximum atomic E-state index is 9.22. The fourth-order valence-electron chi connectivity index (χ4n) is 2.25. The molecule has 2 N–H and O–H groups in total. The Balaban J connectivity index is 2.45. The van der Waals surface area contributed by atoms with Gasteiger partial charge in [-0.05, 0) is 36.6 Å². The predicted molar refractivity (Wildman–Crippen MR) is 55.6 cm³/mol. The van der Waals surface area contributed by atoms with Crippen LogP contribution in [0.5, 0.6) is 0 Å². The van der Waals surface area contributed by atoms with Gasteiger partial charge < -0.3 is 10.4 Å². The molecule has 1 rings (SSSR count). The van der Waals surface area contributed by atoms with Crippen molar-refractivity contribution in [2.24, 2.45) is 17.3 Å². The summed E-state index contributed by atoms with van der Waals surface area (Å²) < 4.78 is 0. The number of hydrogen-bond acceptors (Lipinski definition) is 2. The Bertz CT molecular complexity index is 151. The first-order valence-electron chi connectivity index (χ1n) is 5.34. The number of rotatable bonds is 2. The third-order valence-electron chi connectivity index (χ3n) is 2.87. The van der Waals surface area contributed by atoms with Crippen LogP contribution in [0.25, 0.3) is 0 Å². The van der Waals surface area contributed by atoms with Crippen molar-refractivity contribution >= 4 is 0 Å². The molecule has 2 nitrogen and oxygen atoms in total. The molecule has 13 heavy (non-hydrogen) atoms. The molecule has 0 aromatic heterocycles. The van der Waals surface area contributed by atoms with E-state index in [2.05, 4.69) is 26.1 Å². The SMILES string of the molecule is CC(C)(C)CC1CCNCC1CO. The molecular formula is C11H23NO. The molecule has 2 atom stereocenters. The zero-order valence-corrected chi connectivity index (χ0v) is 9.14. The minimum atomic E-state index is 0.341. The highest BCUT2D eigenvalue weighted by Gasteiger charge is 2.27. The average Bonchev–Trinajstić information content (AvgIpc) is 2.02. The molecule has 1 fully saturated rings. The monoisotopic (exact) mass is 185 g/mol. The Hall–Kier alpha value is -0.0800. The smallest absolute Gasteiger partial charge is 0.0474 e. The van der Waals surface area contributed by atoms with E-state index in [1.165, 1.54) is 12.8 Å². The molecule has 0 radical (unpaired) electrons. The maximum Gasteiger partial charge on any atom is 0.0474 e. The van der Waals surface area contributed by atoms with Gasteiger partial charge in [0.15, 0.2) is 0 Å². The fraction of sp³-hybridized carbons (Fsp3) is 1.00. The Kier molecular flexibility index (Phi) is 3.74. The average molecular weight is 185 g/mol. The normalized spacial score (nSPS) is 30.5. The summed E-state index contributed by atoms with van der Waals surface area (Å²) in [4.78, 5) is 0. The second-order valence-electron chi connectivity index (χ2n) is 5.46. The molecule has 0 amide bonds. The molecule has 0 aliphatic carbocycles. The largest absolute Gasteiger partial charge is 0.396 e. The highest BCUT2D eigenvalue weighted by molar-refractivity contribution is 4.81. The Morgan fingerprint density at radius 1 is 1.31 bits per heavy atom. The van der Waals surface area contributed by atoms with Gasteiger partial charge in [-0.2, -0.15) is 0 Å². The highest BCUT2D eigenvalue weighted by Crippen LogP contribution is 2.32. The number of aliphatic hydroxyl groups excluding tert-OH is 1. The zero-order valence-electron chi connectivity index (χ0n) is 9.14. The predicted octanol–water partition coefficient (Wildman–Crippen LogP) is 1.64. The Morgan fingerprint density at radius 2 is 2.00 bits per heavy atom. The van der Waals surface area contributed by atoms with Crippen molar-refractivity contribution in [1.29, 1.82) is 0 Å². The van der Waals surface area contributed by atoms with Gasteiger partial charge in [-0.15, -0.1) is 0 Å². The lowest BCUT2D eigenvalue weighted by molar-refractivity contribution is 0.114. The van der Waals surface area contributed by atoms with Gasteiger partial charge >= 0.3 is 0 Å². The van der Waals surface area contributed by atoms with E-state index in [1.807, 2.05) is 0 Å². The molecule has 0 aromatic carbocycles. The van der Waals surface area contributed by atoms with E-state index in [4.69, 9.17) is 0 Å². The van der Waals surface area contributed by atoms with Crippen LogP contribution in [0.2, 0.25) is 0 Å². The standard InChI is InChI=1S/C11H23NO/c1-11(2,3)6-9-4-5-12-7-10(9)8-13/h9-10,12-13H,4-8H2,1-3H3. The van der Waals surface area contributed by atoms with Crippen LogP contribution in [-0.2, 0) is 0 Å². The minimum absolute atomic E-state index is 0.341. The first kappa shape index (κ1) is 11.0. The third-order valence-corrected chi connectivity index (χ3v) is 2.87. The summed E-state index contributed by atoms with van der Waals surface area (Å²) in [6, 6.07) is 0. The lowest BCUT2D eigenvalue weighted by atomic mass is 9.76. The van der Waals surface area contributed by atoms with Gasteiger partial charge in [0, 0.05) is 13.2 Å². The van der Waals surface area contributed by atoms with Crippen LogP contribution in [0.15, 0.2) is 0 Å². The van der Waals surface area contributed by atoms with Crippen molar-refractivity contribution in [2.45, 2.75) is 33.6 Å². The van der Waals surface area contributed by atoms with Gasteiger partial charge in [-0.1, -0.05) is 20.8 Å². The molecular weight excluding hydrogens is 162 g/mol. The highest BCUT2D eigenvalue weighted by atomic mass is 16.3. The molecule has 0 bridgehead atoms. The minimum Gasteiger partial charge on any atom is -0.396 e. The molecule has 1 heterocycles. The van der Waals surface area contributed by atoms with Crippen molar-refractivity contribution in [3.8, 4) is 0 Å². The van der Waals surface area contributed by atoms with E-state index in [9.17, 15) is 5.11 Å². The zero-order chi connectivity index (χ0) is 9.90. The summed E-state index contributed by atoms with van der Waals surface area (Å²) in [5.41, 5.74) is 0.398. The summed E-state index contributed by atoms with van der Waals surface area (Å²) in [7, 11) is 0. The van der Waals surface area contributed by atoms with E-state index in [1.54, 1.807) is 0 Å². The quantitative estimate of drug-likeness (QED) is 0.685. The van der Waals surface area contributed by atoms with Crippen LogP contribution in [0.3, 0.4) is 0 Å². The summed E-state index contributed by atoms with van der Waals surface area (Å²) in [5, 5.41) is 12.6. The van der Waals surface area contributed by atoms with Crippen molar-refractivity contribution in [3.05, 3.63) is 0 Å². The number of aliphatic hydroxyl groups is 1. The molecule has 1 aliphatic rings. The van der Waals surface area contributed by atoms with E-state index in [0.717, 1.165) is 13.1 Å². The molecule has 0 spiro atoms. The lowest BCUT2D eigenvalue weighted by Gasteiger charge is -2.35. The lowest BCUT2D eigenvalue weighted by Crippen LogP contribution is -2.39. The maximum absolute atomic E-state index is 9.22. The molecule has 2 unspecified atom stereocenters. The van der Waals surface area contributed by atoms with Gasteiger partial charge in [-0.3, -0.25) is 0 Å². The van der Waals surface area contributed by atoms with Gasteiger partial charge in [0.05, 0.1) is 0 Å². The summed E-state index contributed by atoms with van der Waals surface area (Å²) in [5.74, 6) is 1.19. The van der Waals surface area contributed by atoms with Crippen molar-refractivity contribution in [2.75, 3.05) is 19.7 Å². The summed E-state index contributed by atoms with van der Waals surface area (Å²) in [6.07, 6.45) is 2.46. The van der Waals surface area contributed by atoms with Crippen LogP contribution in [0.4, 0.5) is 0 Å². The summed E-state index contributed by atoms with van der Waals surface area (Å²) >= 11 is 0. The topological polar surface area (TPSA) is 32.3 Å². The van der Waals surface area contributed by atoms with E-state index in [0.29, 0.717) is 23.9 Å². The van der Waals surface area contributed by atoms with E-state index < -0.39 is 0 Å². The fourth-order valence-corrected chi connectivity index (χ4v) is 2.25. The van der Waals surface area contributed by atoms with Gasteiger partial charge in [0.25, 0.3) is 0 Å². The molecule has 1 saturated heterocycles. The number of hydrogen-bond donors (Lipinski definition) is 2. The van der Waals surface area contributed by atoms with Crippen molar-refractivity contribution < 1.29 is 5.11 Å². The van der Waals surface area contributed by atoms with Crippen LogP contribution in [0.1, 0.15) is 33.6 Å². The van der Waals surface area contributed by atoms with Gasteiger partial charge in [0.1, 0.15) is 0 Å². The van der Waals surface area contributed by atoms with Crippen LogP contribution < -0.4 is 5.32 Å². The summed E-state index contributed by atoms with van der Waals surface area (Å²) in [6.45, 7) is 9.30. The van der Waals surface area contributed by atoms with Crippen molar-refractivity contribution in [1.82, 2.24) is 5.32 Å². The number of piperidine rings is 1. The van der Waals surface area contributed by atoms with Crippen molar-refractivity contribution in [3.63, 3.8) is 0 Å². The van der Waals surface area contributed by atoms with Crippen LogP contribution >= 0.6 is 0 Å². The van der Waals surface area contributed by atoms with E-state index in [-0.39, 0.29) is 0 Å². The third kappa shape index (κ3) is 3.65. The van der Waals surface area contributed by atoms with E-state index >= 15 is 0 Å². The van der Waals surface area contributed by atoms with Gasteiger partial charge in [0.2, 0.25) is 0 Å².